The molecule has 3 aromatic heterocycles. The highest BCUT2D eigenvalue weighted by Gasteiger charge is 2.16. The van der Waals surface area contributed by atoms with Crippen molar-refractivity contribution >= 4 is 27.7 Å². The van der Waals surface area contributed by atoms with E-state index >= 15 is 0 Å². The van der Waals surface area contributed by atoms with E-state index < -0.39 is 0 Å². The monoisotopic (exact) mass is 341 g/mol. The van der Waals surface area contributed by atoms with Crippen LogP contribution in [0, 0.1) is 18.3 Å². The smallest absolute Gasteiger partial charge is 0.342 e. The number of aromatic nitrogens is 6. The molecular formula is C18H11N7O. The molecule has 5 rings (SSSR count). The molecule has 0 fully saturated rings. The number of nitriles is 1. The highest BCUT2D eigenvalue weighted by Crippen LogP contribution is 2.18. The van der Waals surface area contributed by atoms with Crippen LogP contribution in [0.4, 0.5) is 0 Å². The van der Waals surface area contributed by atoms with Crippen molar-refractivity contribution in [1.29, 1.82) is 5.26 Å². The maximum Gasteiger partial charge on any atom is 0.355 e. The highest BCUT2D eigenvalue weighted by molar-refractivity contribution is 5.81. The van der Waals surface area contributed by atoms with Gasteiger partial charge in [0.25, 0.3) is 0 Å². The number of nitrogens with zero attached hydrogens (tertiary/aromatic N) is 6. The van der Waals surface area contributed by atoms with Gasteiger partial charge in [-0.1, -0.05) is 12.1 Å². The number of hydrogen-bond acceptors (Lipinski definition) is 5. The molecule has 0 aliphatic rings. The third-order valence-electron chi connectivity index (χ3n) is 4.28. The molecule has 26 heavy (non-hydrogen) atoms. The van der Waals surface area contributed by atoms with Crippen molar-refractivity contribution in [1.82, 2.24) is 29.1 Å². The van der Waals surface area contributed by atoms with Gasteiger partial charge in [0.2, 0.25) is 5.69 Å². The summed E-state index contributed by atoms with van der Waals surface area (Å²) in [7, 11) is 0. The van der Waals surface area contributed by atoms with Crippen LogP contribution in [0.1, 0.15) is 11.5 Å². The number of nitrogens with one attached hydrogen (secondary N) is 1. The van der Waals surface area contributed by atoms with Crippen LogP contribution in [0.5, 0.6) is 0 Å². The quantitative estimate of drug-likeness (QED) is 0.503. The van der Waals surface area contributed by atoms with Gasteiger partial charge in [-0.2, -0.15) is 9.94 Å². The summed E-state index contributed by atoms with van der Waals surface area (Å²) < 4.78 is 2.64. The zero-order valence-corrected chi connectivity index (χ0v) is 13.6. The molecule has 0 bridgehead atoms. The topological polar surface area (TPSA) is 105 Å². The lowest BCUT2D eigenvalue weighted by Crippen LogP contribution is -2.28. The predicted molar refractivity (Wildman–Crippen MR) is 95.2 cm³/mol. The molecule has 2 aromatic carbocycles. The van der Waals surface area contributed by atoms with Gasteiger partial charge in [0.1, 0.15) is 11.9 Å². The summed E-state index contributed by atoms with van der Waals surface area (Å²) in [6.07, 6.45) is 0. The Morgan fingerprint density at radius 3 is 2.81 bits per heavy atom. The van der Waals surface area contributed by atoms with Crippen molar-refractivity contribution < 1.29 is 0 Å². The molecule has 3 heterocycles. The van der Waals surface area contributed by atoms with Crippen LogP contribution in [0.2, 0.25) is 0 Å². The van der Waals surface area contributed by atoms with E-state index in [1.807, 2.05) is 31.2 Å². The van der Waals surface area contributed by atoms with Crippen LogP contribution in [0.15, 0.2) is 47.3 Å². The first-order valence-electron chi connectivity index (χ1n) is 7.93. The summed E-state index contributed by atoms with van der Waals surface area (Å²) in [6.45, 7) is 1.86. The van der Waals surface area contributed by atoms with Crippen LogP contribution in [0.25, 0.3) is 33.4 Å². The first kappa shape index (κ1) is 14.4. The molecular weight excluding hydrogens is 330 g/mol. The highest BCUT2D eigenvalue weighted by atomic mass is 16.2. The van der Waals surface area contributed by atoms with Crippen LogP contribution >= 0.6 is 0 Å². The second-order valence-electron chi connectivity index (χ2n) is 5.94. The number of para-hydroxylation sites is 2. The molecule has 5 aromatic rings. The van der Waals surface area contributed by atoms with Gasteiger partial charge in [-0.05, 0) is 37.3 Å². The Hall–Kier alpha value is -3.99. The van der Waals surface area contributed by atoms with Crippen molar-refractivity contribution in [3.8, 4) is 11.8 Å². The average molecular weight is 341 g/mol. The Morgan fingerprint density at radius 2 is 1.96 bits per heavy atom. The fraction of sp³-hybridized carbons (Fsp3) is 0.0556. The maximum atomic E-state index is 13.1. The Kier molecular flexibility index (Phi) is 2.76. The van der Waals surface area contributed by atoms with Gasteiger partial charge in [0.15, 0.2) is 5.65 Å². The number of aromatic amines is 1. The van der Waals surface area contributed by atoms with E-state index in [0.29, 0.717) is 16.7 Å². The molecule has 0 saturated carbocycles. The van der Waals surface area contributed by atoms with Crippen LogP contribution < -0.4 is 5.69 Å². The summed E-state index contributed by atoms with van der Waals surface area (Å²) >= 11 is 0. The van der Waals surface area contributed by atoms with Crippen LogP contribution in [0.3, 0.4) is 0 Å². The van der Waals surface area contributed by atoms with Crippen molar-refractivity contribution in [3.05, 3.63) is 64.5 Å². The summed E-state index contributed by atoms with van der Waals surface area (Å²) in [4.78, 5) is 25.0. The van der Waals surface area contributed by atoms with Crippen molar-refractivity contribution in [2.24, 2.45) is 0 Å². The van der Waals surface area contributed by atoms with E-state index in [2.05, 4.69) is 20.1 Å². The van der Waals surface area contributed by atoms with E-state index in [-0.39, 0.29) is 17.0 Å². The number of hydrogen-bond donors (Lipinski definition) is 1. The van der Waals surface area contributed by atoms with E-state index in [9.17, 15) is 10.1 Å². The first-order chi connectivity index (χ1) is 12.7. The normalized spacial score (nSPS) is 11.4. The number of fused-ring (bicyclic) bond motifs is 4. The summed E-state index contributed by atoms with van der Waals surface area (Å²) in [5.41, 5.74) is 3.37. The third-order valence-corrected chi connectivity index (χ3v) is 4.28. The second-order valence-corrected chi connectivity index (χ2v) is 5.94. The maximum absolute atomic E-state index is 13.1. The van der Waals surface area contributed by atoms with Gasteiger partial charge < -0.3 is 4.98 Å². The van der Waals surface area contributed by atoms with Gasteiger partial charge >= 0.3 is 5.69 Å². The zero-order valence-electron chi connectivity index (χ0n) is 13.6. The Balaban J connectivity index is 1.90. The number of rotatable bonds is 1. The van der Waals surface area contributed by atoms with E-state index in [1.165, 1.54) is 9.08 Å². The molecule has 124 valence electrons. The van der Waals surface area contributed by atoms with E-state index in [4.69, 9.17) is 0 Å². The molecule has 8 heteroatoms. The van der Waals surface area contributed by atoms with Gasteiger partial charge in [0.05, 0.1) is 27.8 Å². The zero-order chi connectivity index (χ0) is 17.8. The first-order valence-corrected chi connectivity index (χ1v) is 7.93. The molecule has 0 radical (unpaired) electrons. The lowest BCUT2D eigenvalue weighted by Gasteiger charge is -2.06. The molecule has 0 aliphatic heterocycles. The minimum Gasteiger partial charge on any atom is -0.342 e. The lowest BCUT2D eigenvalue weighted by atomic mass is 10.3. The molecule has 8 nitrogen and oxygen atoms in total. The average Bonchev–Trinajstić information content (AvgIpc) is 3.21. The van der Waals surface area contributed by atoms with E-state index in [1.54, 1.807) is 24.3 Å². The van der Waals surface area contributed by atoms with Crippen molar-refractivity contribution in [2.75, 3.05) is 0 Å². The second kappa shape index (κ2) is 5.00. The summed E-state index contributed by atoms with van der Waals surface area (Å²) in [5, 5.41) is 13.7. The van der Waals surface area contributed by atoms with Crippen molar-refractivity contribution in [2.45, 2.75) is 6.92 Å². The van der Waals surface area contributed by atoms with Crippen molar-refractivity contribution in [3.63, 3.8) is 0 Å². The Morgan fingerprint density at radius 1 is 1.12 bits per heavy atom. The third kappa shape index (κ3) is 1.88. The number of aryl methyl sites for hydroxylation is 1. The fourth-order valence-electron chi connectivity index (χ4n) is 3.16. The predicted octanol–water partition coefficient (Wildman–Crippen LogP) is 2.09. The van der Waals surface area contributed by atoms with E-state index in [0.717, 1.165) is 16.9 Å². The SMILES string of the molecule is Cc1nc2ccc(-n3nc(C#N)c4nc5ccccc5n4c3=O)cc2[nH]1. The largest absolute Gasteiger partial charge is 0.355 e. The standard InChI is InChI=1S/C18H11N7O/c1-10-20-12-7-6-11(8-14(12)21-10)25-18(26)24-16-5-3-2-4-13(16)22-17(24)15(9-19)23-25/h2-8H,1H3,(H,20,21). The van der Waals surface area contributed by atoms with Gasteiger partial charge in [0, 0.05) is 0 Å². The van der Waals surface area contributed by atoms with Gasteiger partial charge in [-0.3, -0.25) is 0 Å². The molecule has 0 atom stereocenters. The summed E-state index contributed by atoms with van der Waals surface area (Å²) in [5.74, 6) is 0.784. The summed E-state index contributed by atoms with van der Waals surface area (Å²) in [6, 6.07) is 14.6. The Labute approximate surface area is 146 Å². The molecule has 0 spiro atoms. The molecule has 0 aliphatic carbocycles. The van der Waals surface area contributed by atoms with Crippen LogP contribution in [-0.4, -0.2) is 29.1 Å². The lowest BCUT2D eigenvalue weighted by molar-refractivity contribution is 0.747. The number of imidazole rings is 2. The minimum absolute atomic E-state index is 0.0849. The Bertz CT molecular complexity index is 1430. The molecule has 0 amide bonds. The number of benzene rings is 2. The molecule has 1 N–H and O–H groups in total. The van der Waals surface area contributed by atoms with Gasteiger partial charge in [-0.15, -0.1) is 5.10 Å². The van der Waals surface area contributed by atoms with Gasteiger partial charge in [-0.25, -0.2) is 19.2 Å². The molecule has 0 saturated heterocycles. The fourth-order valence-corrected chi connectivity index (χ4v) is 3.16. The van der Waals surface area contributed by atoms with Crippen LogP contribution in [-0.2, 0) is 0 Å². The molecule has 0 unspecified atom stereocenters. The minimum atomic E-state index is -0.386. The number of H-pyrrole nitrogens is 1.